The van der Waals surface area contributed by atoms with Crippen molar-refractivity contribution in [3.63, 3.8) is 0 Å². The molecule has 1 atom stereocenters. The average Bonchev–Trinajstić information content (AvgIpc) is 3.60. The molecule has 0 fully saturated rings. The highest BCUT2D eigenvalue weighted by Crippen LogP contribution is 2.38. The zero-order valence-electron chi connectivity index (χ0n) is 27.0. The first-order valence-electron chi connectivity index (χ1n) is 15.4. The van der Waals surface area contributed by atoms with E-state index in [-0.39, 0.29) is 11.5 Å². The summed E-state index contributed by atoms with van der Waals surface area (Å²) in [5, 5.41) is 10.6. The fourth-order valence-electron chi connectivity index (χ4n) is 6.24. The van der Waals surface area contributed by atoms with Crippen molar-refractivity contribution in [1.29, 1.82) is 5.26 Å². The van der Waals surface area contributed by atoms with Crippen molar-refractivity contribution in [2.75, 3.05) is 27.3 Å². The van der Waals surface area contributed by atoms with E-state index in [4.69, 9.17) is 14.5 Å². The maximum Gasteiger partial charge on any atom is 0.271 e. The van der Waals surface area contributed by atoms with E-state index in [1.165, 1.54) is 11.3 Å². The lowest BCUT2D eigenvalue weighted by atomic mass is 9.93. The Morgan fingerprint density at radius 1 is 1.06 bits per heavy atom. The Bertz CT molecular complexity index is 2270. The molecule has 9 nitrogen and oxygen atoms in total. The van der Waals surface area contributed by atoms with E-state index in [1.54, 1.807) is 35.8 Å². The summed E-state index contributed by atoms with van der Waals surface area (Å²) in [6.45, 7) is 7.22. The van der Waals surface area contributed by atoms with Crippen molar-refractivity contribution >= 4 is 34.2 Å². The van der Waals surface area contributed by atoms with Gasteiger partial charge in [-0.1, -0.05) is 47.7 Å². The fraction of sp³-hybridized carbons (Fsp3) is 0.243. The second kappa shape index (κ2) is 13.1. The van der Waals surface area contributed by atoms with Crippen LogP contribution in [0.15, 0.2) is 94.0 Å². The van der Waals surface area contributed by atoms with Gasteiger partial charge >= 0.3 is 0 Å². The number of hydrogen-bond donors (Lipinski definition) is 0. The average molecular weight is 646 g/mol. The number of rotatable bonds is 9. The molecular weight excluding hydrogens is 611 g/mol. The Morgan fingerprint density at radius 2 is 1.81 bits per heavy atom. The van der Waals surface area contributed by atoms with Gasteiger partial charge in [-0.15, -0.1) is 0 Å². The molecule has 6 rings (SSSR count). The quantitative estimate of drug-likeness (QED) is 0.225. The molecule has 47 heavy (non-hydrogen) atoms. The molecular formula is C37H35N5O4S. The number of fused-ring (bicyclic) bond motifs is 2. The number of carbonyl (C=O) groups excluding carboxylic acids is 1. The minimum Gasteiger partial charge on any atom is -0.497 e. The maximum atomic E-state index is 14.5. The van der Waals surface area contributed by atoms with E-state index in [2.05, 4.69) is 10.6 Å². The number of thiazole rings is 1. The van der Waals surface area contributed by atoms with Gasteiger partial charge in [0.05, 0.1) is 41.7 Å². The maximum absolute atomic E-state index is 14.5. The minimum absolute atomic E-state index is 0.180. The van der Waals surface area contributed by atoms with Gasteiger partial charge in [0.15, 0.2) is 4.80 Å². The summed E-state index contributed by atoms with van der Waals surface area (Å²) in [5.74, 6) is 0.935. The van der Waals surface area contributed by atoms with Crippen LogP contribution in [0.25, 0.3) is 17.0 Å². The van der Waals surface area contributed by atoms with Gasteiger partial charge < -0.3 is 18.9 Å². The molecule has 0 spiro atoms. The van der Waals surface area contributed by atoms with Crippen LogP contribution in [0.4, 0.5) is 0 Å². The molecule has 3 aromatic carbocycles. The zero-order chi connectivity index (χ0) is 33.2. The molecule has 0 aliphatic carbocycles. The Balaban J connectivity index is 1.56. The van der Waals surface area contributed by atoms with Gasteiger partial charge in [0.2, 0.25) is 0 Å². The number of nitriles is 1. The first kappa shape index (κ1) is 31.6. The Labute approximate surface area is 276 Å². The highest BCUT2D eigenvalue weighted by atomic mass is 32.1. The van der Waals surface area contributed by atoms with E-state index < -0.39 is 6.04 Å². The molecule has 1 aliphatic rings. The number of likely N-dealkylation sites (N-methyl/N-ethyl adjacent to an activating group) is 1. The molecule has 1 amide bonds. The van der Waals surface area contributed by atoms with Gasteiger partial charge in [0.25, 0.3) is 11.5 Å². The van der Waals surface area contributed by atoms with Crippen LogP contribution < -0.4 is 24.4 Å². The van der Waals surface area contributed by atoms with Crippen LogP contribution >= 0.6 is 11.3 Å². The van der Waals surface area contributed by atoms with Crippen LogP contribution in [0, 0.1) is 11.3 Å². The molecule has 1 aliphatic heterocycles. The summed E-state index contributed by atoms with van der Waals surface area (Å²) < 4.78 is 15.5. The fourth-order valence-corrected chi connectivity index (χ4v) is 7.27. The Hall–Kier alpha value is -5.40. The van der Waals surface area contributed by atoms with E-state index in [0.29, 0.717) is 62.9 Å². The minimum atomic E-state index is -0.782. The van der Waals surface area contributed by atoms with Gasteiger partial charge in [-0.25, -0.2) is 4.99 Å². The molecule has 0 bridgehead atoms. The first-order chi connectivity index (χ1) is 22.8. The van der Waals surface area contributed by atoms with Crippen LogP contribution in [-0.4, -0.2) is 47.3 Å². The third-order valence-electron chi connectivity index (χ3n) is 8.62. The predicted molar refractivity (Wildman–Crippen MR) is 183 cm³/mol. The number of hydrogen-bond acceptors (Lipinski definition) is 7. The summed E-state index contributed by atoms with van der Waals surface area (Å²) in [4.78, 5) is 35.6. The number of benzene rings is 3. The van der Waals surface area contributed by atoms with Crippen LogP contribution in [0.5, 0.6) is 11.5 Å². The largest absolute Gasteiger partial charge is 0.497 e. The van der Waals surface area contributed by atoms with E-state index >= 15 is 0 Å². The van der Waals surface area contributed by atoms with Crippen LogP contribution in [0.3, 0.4) is 0 Å². The smallest absolute Gasteiger partial charge is 0.271 e. The van der Waals surface area contributed by atoms with Gasteiger partial charge in [-0.05, 0) is 62.7 Å². The number of amides is 1. The molecule has 3 heterocycles. The monoisotopic (exact) mass is 645 g/mol. The molecule has 0 saturated carbocycles. The van der Waals surface area contributed by atoms with E-state index in [1.807, 2.05) is 87.6 Å². The standard InChI is InChI=1S/C37H35N5O4S/c1-6-40(7-2)36(44)33-23(3)39-37-42(34(33)29-19-27(45-4)16-17-31(29)46-5)35(43)32(47-37)18-26-22-41(30-15-11-10-14-28(26)30)21-25-13-9-8-12-24(25)20-38/h8-19,22,34H,6-7,21H2,1-5H3/b32-18+/t34-/m0/s1. The Morgan fingerprint density at radius 3 is 2.53 bits per heavy atom. The third kappa shape index (κ3) is 5.64. The number of carbonyl (C=O) groups is 1. The van der Waals surface area contributed by atoms with Crippen molar-refractivity contribution < 1.29 is 14.3 Å². The molecule has 5 aromatic rings. The van der Waals surface area contributed by atoms with Gasteiger partial charge in [-0.2, -0.15) is 5.26 Å². The first-order valence-corrected chi connectivity index (χ1v) is 16.2. The second-order valence-corrected chi connectivity index (χ2v) is 12.2. The van der Waals surface area contributed by atoms with E-state index in [0.717, 1.165) is 22.0 Å². The highest BCUT2D eigenvalue weighted by Gasteiger charge is 2.36. The van der Waals surface area contributed by atoms with E-state index in [9.17, 15) is 14.9 Å². The van der Waals surface area contributed by atoms with Crippen molar-refractivity contribution in [1.82, 2.24) is 14.0 Å². The normalized spacial score (nSPS) is 14.5. The lowest BCUT2D eigenvalue weighted by Gasteiger charge is -2.30. The lowest BCUT2D eigenvalue weighted by Crippen LogP contribution is -2.43. The third-order valence-corrected chi connectivity index (χ3v) is 9.60. The van der Waals surface area contributed by atoms with Crippen molar-refractivity contribution in [2.45, 2.75) is 33.4 Å². The van der Waals surface area contributed by atoms with Gasteiger partial charge in [-0.3, -0.25) is 14.2 Å². The highest BCUT2D eigenvalue weighted by molar-refractivity contribution is 7.07. The number of nitrogens with zero attached hydrogens (tertiary/aromatic N) is 5. The Kier molecular flexibility index (Phi) is 8.83. The zero-order valence-corrected chi connectivity index (χ0v) is 27.8. The lowest BCUT2D eigenvalue weighted by molar-refractivity contribution is -0.127. The van der Waals surface area contributed by atoms with Crippen molar-refractivity contribution in [2.24, 2.45) is 4.99 Å². The molecule has 0 saturated heterocycles. The molecule has 10 heteroatoms. The van der Waals surface area contributed by atoms with Crippen LogP contribution in [-0.2, 0) is 11.3 Å². The molecule has 0 unspecified atom stereocenters. The summed E-state index contributed by atoms with van der Waals surface area (Å²) in [6.07, 6.45) is 3.91. The topological polar surface area (TPSA) is 102 Å². The van der Waals surface area contributed by atoms with Crippen LogP contribution in [0.1, 0.15) is 49.1 Å². The number of methoxy groups -OCH3 is 2. The molecule has 0 radical (unpaired) electrons. The summed E-state index contributed by atoms with van der Waals surface area (Å²) in [6, 6.07) is 22.5. The predicted octanol–water partition coefficient (Wildman–Crippen LogP) is 5.00. The van der Waals surface area contributed by atoms with Crippen molar-refractivity contribution in [3.05, 3.63) is 126 Å². The van der Waals surface area contributed by atoms with Crippen molar-refractivity contribution in [3.8, 4) is 17.6 Å². The van der Waals surface area contributed by atoms with Gasteiger partial charge in [0, 0.05) is 47.9 Å². The molecule has 2 aromatic heterocycles. The summed E-state index contributed by atoms with van der Waals surface area (Å²) in [7, 11) is 3.15. The van der Waals surface area contributed by atoms with Crippen LogP contribution in [0.2, 0.25) is 0 Å². The molecule has 0 N–H and O–H groups in total. The SMILES string of the molecule is CCN(CC)C(=O)C1=C(C)N=c2s/c(=C/c3cn(Cc4ccccc4C#N)c4ccccc34)c(=O)n2[C@H]1c1cc(OC)ccc1OC. The number of ether oxygens (including phenoxy) is 2. The van der Waals surface area contributed by atoms with Gasteiger partial charge in [0.1, 0.15) is 17.5 Å². The molecule has 238 valence electrons. The number of para-hydroxylation sites is 1. The number of aromatic nitrogens is 2. The summed E-state index contributed by atoms with van der Waals surface area (Å²) >= 11 is 1.29. The second-order valence-electron chi connectivity index (χ2n) is 11.2. The number of allylic oxidation sites excluding steroid dienone is 1. The summed E-state index contributed by atoms with van der Waals surface area (Å²) in [5.41, 5.74) is 4.74.